The lowest BCUT2D eigenvalue weighted by Gasteiger charge is -2.11. The largest absolute Gasteiger partial charge is 0.357 e. The SMILES string of the molecule is CCNC(=NCc1c(C)nn(C)c1C)NCCc1ccc(CC)cc1.I. The summed E-state index contributed by atoms with van der Waals surface area (Å²) >= 11 is 0. The predicted molar refractivity (Wildman–Crippen MR) is 120 cm³/mol. The molecular formula is C20H32IN5. The second kappa shape index (κ2) is 11.2. The van der Waals surface area contributed by atoms with E-state index in [0.717, 1.165) is 37.6 Å². The first kappa shape index (κ1) is 22.5. The minimum Gasteiger partial charge on any atom is -0.357 e. The molecule has 0 saturated carbocycles. The number of aryl methyl sites for hydroxylation is 3. The van der Waals surface area contributed by atoms with Crippen LogP contribution in [0.25, 0.3) is 0 Å². The first-order valence-corrected chi connectivity index (χ1v) is 9.14. The number of nitrogens with zero attached hydrogens (tertiary/aromatic N) is 3. The van der Waals surface area contributed by atoms with E-state index in [1.165, 1.54) is 22.4 Å². The van der Waals surface area contributed by atoms with Gasteiger partial charge in [-0.3, -0.25) is 4.68 Å². The summed E-state index contributed by atoms with van der Waals surface area (Å²) in [7, 11) is 1.98. The highest BCUT2D eigenvalue weighted by molar-refractivity contribution is 14.0. The Labute approximate surface area is 174 Å². The number of hydrogen-bond acceptors (Lipinski definition) is 2. The lowest BCUT2D eigenvalue weighted by atomic mass is 10.1. The van der Waals surface area contributed by atoms with Crippen LogP contribution in [0.2, 0.25) is 0 Å². The van der Waals surface area contributed by atoms with E-state index in [1.807, 2.05) is 18.7 Å². The summed E-state index contributed by atoms with van der Waals surface area (Å²) in [6.45, 7) is 10.8. The molecule has 1 heterocycles. The van der Waals surface area contributed by atoms with Crippen LogP contribution in [0.3, 0.4) is 0 Å². The van der Waals surface area contributed by atoms with Crippen LogP contribution >= 0.6 is 24.0 Å². The third-order valence-corrected chi connectivity index (χ3v) is 4.54. The van der Waals surface area contributed by atoms with Gasteiger partial charge < -0.3 is 10.6 Å². The number of hydrogen-bond donors (Lipinski definition) is 2. The number of rotatable bonds is 7. The fourth-order valence-corrected chi connectivity index (χ4v) is 2.81. The average molecular weight is 469 g/mol. The van der Waals surface area contributed by atoms with E-state index < -0.39 is 0 Å². The Kier molecular flexibility index (Phi) is 9.69. The molecule has 0 amide bonds. The van der Waals surface area contributed by atoms with Gasteiger partial charge in [-0.2, -0.15) is 5.10 Å². The normalized spacial score (nSPS) is 11.2. The van der Waals surface area contributed by atoms with E-state index in [1.54, 1.807) is 0 Å². The Balaban J connectivity index is 0.00000338. The maximum Gasteiger partial charge on any atom is 0.191 e. The van der Waals surface area contributed by atoms with E-state index in [4.69, 9.17) is 4.99 Å². The standard InChI is InChI=1S/C20H31N5.HI/c1-6-17-8-10-18(11-9-17)12-13-22-20(21-7-2)23-14-19-15(3)24-25(5)16(19)4;/h8-11H,6-7,12-14H2,1-5H3,(H2,21,22,23);1H. The lowest BCUT2D eigenvalue weighted by Crippen LogP contribution is -2.38. The van der Waals surface area contributed by atoms with Gasteiger partial charge in [0, 0.05) is 31.4 Å². The summed E-state index contributed by atoms with van der Waals surface area (Å²) in [6.07, 6.45) is 2.07. The summed E-state index contributed by atoms with van der Waals surface area (Å²) in [5.41, 5.74) is 6.16. The quantitative estimate of drug-likeness (QED) is 0.371. The smallest absolute Gasteiger partial charge is 0.191 e. The fraction of sp³-hybridized carbons (Fsp3) is 0.500. The van der Waals surface area contributed by atoms with Gasteiger partial charge in [0.1, 0.15) is 0 Å². The molecule has 2 aromatic rings. The third kappa shape index (κ3) is 6.30. The Hall–Kier alpha value is -1.57. The topological polar surface area (TPSA) is 54.2 Å². The van der Waals surface area contributed by atoms with E-state index in [-0.39, 0.29) is 24.0 Å². The summed E-state index contributed by atoms with van der Waals surface area (Å²) in [6, 6.07) is 8.85. The van der Waals surface area contributed by atoms with Crippen molar-refractivity contribution in [1.82, 2.24) is 20.4 Å². The monoisotopic (exact) mass is 469 g/mol. The first-order valence-electron chi connectivity index (χ1n) is 9.14. The molecule has 26 heavy (non-hydrogen) atoms. The minimum atomic E-state index is 0. The van der Waals surface area contributed by atoms with Gasteiger partial charge in [-0.15, -0.1) is 24.0 Å². The number of aromatic nitrogens is 2. The zero-order chi connectivity index (χ0) is 18.2. The molecule has 0 saturated heterocycles. The van der Waals surface area contributed by atoms with Crippen molar-refractivity contribution in [3.05, 3.63) is 52.3 Å². The Morgan fingerprint density at radius 3 is 2.27 bits per heavy atom. The van der Waals surface area contributed by atoms with E-state index in [9.17, 15) is 0 Å². The molecule has 0 atom stereocenters. The van der Waals surface area contributed by atoms with E-state index in [0.29, 0.717) is 6.54 Å². The van der Waals surface area contributed by atoms with E-state index in [2.05, 4.69) is 60.8 Å². The molecule has 0 aliphatic heterocycles. The van der Waals surface area contributed by atoms with Gasteiger partial charge in [-0.1, -0.05) is 31.2 Å². The van der Waals surface area contributed by atoms with Crippen molar-refractivity contribution >= 4 is 29.9 Å². The Morgan fingerprint density at radius 2 is 1.73 bits per heavy atom. The molecule has 2 rings (SSSR count). The predicted octanol–water partition coefficient (Wildman–Crippen LogP) is 3.52. The lowest BCUT2D eigenvalue weighted by molar-refractivity contribution is 0.730. The van der Waals surface area contributed by atoms with Gasteiger partial charge in [-0.25, -0.2) is 4.99 Å². The van der Waals surface area contributed by atoms with Crippen LogP contribution in [0.5, 0.6) is 0 Å². The Bertz CT molecular complexity index is 704. The number of benzene rings is 1. The highest BCUT2D eigenvalue weighted by Gasteiger charge is 2.08. The number of guanidine groups is 1. The van der Waals surface area contributed by atoms with Gasteiger partial charge >= 0.3 is 0 Å². The molecule has 1 aromatic carbocycles. The molecular weight excluding hydrogens is 437 g/mol. The summed E-state index contributed by atoms with van der Waals surface area (Å²) in [5.74, 6) is 0.857. The van der Waals surface area contributed by atoms with E-state index >= 15 is 0 Å². The average Bonchev–Trinajstić information content (AvgIpc) is 2.85. The maximum absolute atomic E-state index is 4.72. The van der Waals surface area contributed by atoms with Gasteiger partial charge in [0.25, 0.3) is 0 Å². The molecule has 0 radical (unpaired) electrons. The molecule has 0 fully saturated rings. The van der Waals surface area contributed by atoms with Crippen LogP contribution in [-0.4, -0.2) is 28.8 Å². The van der Waals surface area contributed by atoms with Gasteiger partial charge in [-0.05, 0) is 44.7 Å². The maximum atomic E-state index is 4.72. The third-order valence-electron chi connectivity index (χ3n) is 4.54. The molecule has 2 N–H and O–H groups in total. The highest BCUT2D eigenvalue weighted by Crippen LogP contribution is 2.12. The number of aliphatic imine (C=N–C) groups is 1. The molecule has 0 aliphatic rings. The summed E-state index contributed by atoms with van der Waals surface area (Å²) < 4.78 is 1.92. The number of nitrogens with one attached hydrogen (secondary N) is 2. The van der Waals surface area contributed by atoms with Crippen molar-refractivity contribution in [2.45, 2.75) is 47.1 Å². The van der Waals surface area contributed by atoms with Crippen molar-refractivity contribution in [1.29, 1.82) is 0 Å². The van der Waals surface area contributed by atoms with Crippen molar-refractivity contribution in [2.75, 3.05) is 13.1 Å². The molecule has 144 valence electrons. The van der Waals surface area contributed by atoms with Crippen molar-refractivity contribution in [2.24, 2.45) is 12.0 Å². The summed E-state index contributed by atoms with van der Waals surface area (Å²) in [4.78, 5) is 4.72. The van der Waals surface area contributed by atoms with Crippen molar-refractivity contribution in [3.63, 3.8) is 0 Å². The first-order chi connectivity index (χ1) is 12.0. The van der Waals surface area contributed by atoms with Gasteiger partial charge in [0.15, 0.2) is 5.96 Å². The fourth-order valence-electron chi connectivity index (χ4n) is 2.81. The zero-order valence-corrected chi connectivity index (χ0v) is 18.9. The molecule has 1 aromatic heterocycles. The van der Waals surface area contributed by atoms with Gasteiger partial charge in [0.05, 0.1) is 12.2 Å². The zero-order valence-electron chi connectivity index (χ0n) is 16.6. The number of halogens is 1. The molecule has 5 nitrogen and oxygen atoms in total. The van der Waals surface area contributed by atoms with Crippen LogP contribution in [0.4, 0.5) is 0 Å². The molecule has 0 bridgehead atoms. The minimum absolute atomic E-state index is 0. The van der Waals surface area contributed by atoms with Crippen LogP contribution in [0, 0.1) is 13.8 Å². The highest BCUT2D eigenvalue weighted by atomic mass is 127. The van der Waals surface area contributed by atoms with Crippen molar-refractivity contribution < 1.29 is 0 Å². The Morgan fingerprint density at radius 1 is 1.08 bits per heavy atom. The molecule has 0 aliphatic carbocycles. The molecule has 6 heteroatoms. The van der Waals surface area contributed by atoms with Gasteiger partial charge in [0.2, 0.25) is 0 Å². The molecule has 0 spiro atoms. The van der Waals surface area contributed by atoms with Crippen LogP contribution in [0.1, 0.15) is 41.9 Å². The second-order valence-electron chi connectivity index (χ2n) is 6.31. The van der Waals surface area contributed by atoms with Crippen LogP contribution in [0.15, 0.2) is 29.3 Å². The van der Waals surface area contributed by atoms with Crippen molar-refractivity contribution in [3.8, 4) is 0 Å². The van der Waals surface area contributed by atoms with Crippen LogP contribution in [-0.2, 0) is 26.4 Å². The second-order valence-corrected chi connectivity index (χ2v) is 6.31. The summed E-state index contributed by atoms with van der Waals surface area (Å²) in [5, 5.41) is 11.2. The van der Waals surface area contributed by atoms with Crippen LogP contribution < -0.4 is 10.6 Å². The molecule has 0 unspecified atom stereocenters.